The van der Waals surface area contributed by atoms with Crippen molar-refractivity contribution in [3.63, 3.8) is 0 Å². The maximum Gasteiger partial charge on any atom is 0.258 e. The predicted molar refractivity (Wildman–Crippen MR) is 97.1 cm³/mol. The minimum absolute atomic E-state index is 0.303. The number of carbonyl (C=O) groups excluding carboxylic acids is 1. The summed E-state index contributed by atoms with van der Waals surface area (Å²) in [5, 5.41) is 13.8. The molecule has 3 aromatic rings. The number of methoxy groups -OCH3 is 2. The molecule has 132 valence electrons. The van der Waals surface area contributed by atoms with Gasteiger partial charge < -0.3 is 20.1 Å². The number of ether oxygens (including phenoxy) is 2. The summed E-state index contributed by atoms with van der Waals surface area (Å²) in [5.41, 5.74) is 1.13. The molecular formula is C18H17N5O3. The van der Waals surface area contributed by atoms with Gasteiger partial charge in [-0.25, -0.2) is 0 Å². The van der Waals surface area contributed by atoms with Gasteiger partial charge in [0.2, 0.25) is 0 Å². The normalized spacial score (nSPS) is 10.1. The van der Waals surface area contributed by atoms with Crippen LogP contribution in [0.5, 0.6) is 11.5 Å². The third kappa shape index (κ3) is 4.04. The molecule has 0 aliphatic rings. The van der Waals surface area contributed by atoms with E-state index in [9.17, 15) is 4.79 Å². The number of amides is 1. The summed E-state index contributed by atoms with van der Waals surface area (Å²) in [6, 6.07) is 12.1. The fourth-order valence-corrected chi connectivity index (χ4v) is 2.20. The molecule has 2 heterocycles. The number of aromatic nitrogens is 3. The van der Waals surface area contributed by atoms with E-state index in [1.165, 1.54) is 6.20 Å². The van der Waals surface area contributed by atoms with Gasteiger partial charge in [-0.15, -0.1) is 10.2 Å². The van der Waals surface area contributed by atoms with Crippen molar-refractivity contribution in [2.24, 2.45) is 0 Å². The molecule has 1 amide bonds. The molecule has 0 fully saturated rings. The largest absolute Gasteiger partial charge is 0.497 e. The van der Waals surface area contributed by atoms with Crippen LogP contribution in [0.2, 0.25) is 0 Å². The summed E-state index contributed by atoms with van der Waals surface area (Å²) in [6.45, 7) is 0. The van der Waals surface area contributed by atoms with Gasteiger partial charge >= 0.3 is 0 Å². The Balaban J connectivity index is 1.71. The minimum Gasteiger partial charge on any atom is -0.497 e. The number of pyridine rings is 1. The second-order valence-corrected chi connectivity index (χ2v) is 5.19. The van der Waals surface area contributed by atoms with Crippen molar-refractivity contribution < 1.29 is 14.3 Å². The number of hydrogen-bond donors (Lipinski definition) is 2. The van der Waals surface area contributed by atoms with Crippen LogP contribution in [0.4, 0.5) is 17.3 Å². The highest BCUT2D eigenvalue weighted by Crippen LogP contribution is 2.30. The minimum atomic E-state index is -0.303. The molecule has 0 spiro atoms. The summed E-state index contributed by atoms with van der Waals surface area (Å²) >= 11 is 0. The van der Waals surface area contributed by atoms with Crippen molar-refractivity contribution >= 4 is 23.2 Å². The maximum atomic E-state index is 12.1. The summed E-state index contributed by atoms with van der Waals surface area (Å²) in [7, 11) is 3.17. The van der Waals surface area contributed by atoms with Crippen LogP contribution in [0.25, 0.3) is 0 Å². The second-order valence-electron chi connectivity index (χ2n) is 5.19. The molecule has 8 heteroatoms. The Bertz CT molecular complexity index is 885. The third-order valence-corrected chi connectivity index (χ3v) is 3.50. The molecule has 0 saturated heterocycles. The average molecular weight is 351 g/mol. The van der Waals surface area contributed by atoms with Crippen LogP contribution in [0.15, 0.2) is 54.9 Å². The van der Waals surface area contributed by atoms with Crippen molar-refractivity contribution in [2.75, 3.05) is 24.9 Å². The standard InChI is InChI=1S/C18H17N5O3/c1-25-13-5-6-15(26-2)14(10-13)20-16-7-8-17(23-22-16)21-18(24)12-4-3-9-19-11-12/h3-11H,1-2H3,(H,20,22)(H,21,23,24). The van der Waals surface area contributed by atoms with E-state index < -0.39 is 0 Å². The number of hydrogen-bond acceptors (Lipinski definition) is 7. The number of carbonyl (C=O) groups is 1. The highest BCUT2D eigenvalue weighted by Gasteiger charge is 2.09. The molecule has 2 aromatic heterocycles. The molecule has 0 bridgehead atoms. The van der Waals surface area contributed by atoms with Gasteiger partial charge in [-0.3, -0.25) is 9.78 Å². The molecule has 8 nitrogen and oxygen atoms in total. The van der Waals surface area contributed by atoms with Crippen LogP contribution < -0.4 is 20.1 Å². The van der Waals surface area contributed by atoms with E-state index >= 15 is 0 Å². The molecule has 1 aromatic carbocycles. The lowest BCUT2D eigenvalue weighted by atomic mass is 10.2. The van der Waals surface area contributed by atoms with E-state index in [0.717, 1.165) is 0 Å². The Morgan fingerprint density at radius 3 is 2.46 bits per heavy atom. The van der Waals surface area contributed by atoms with Gasteiger partial charge in [0.1, 0.15) is 11.5 Å². The molecule has 0 aliphatic carbocycles. The van der Waals surface area contributed by atoms with E-state index in [1.54, 1.807) is 62.9 Å². The van der Waals surface area contributed by atoms with E-state index in [4.69, 9.17) is 9.47 Å². The number of benzene rings is 1. The molecule has 2 N–H and O–H groups in total. The van der Waals surface area contributed by atoms with Crippen molar-refractivity contribution in [3.8, 4) is 11.5 Å². The first-order valence-corrected chi connectivity index (χ1v) is 7.74. The number of rotatable bonds is 6. The first kappa shape index (κ1) is 17.2. The second kappa shape index (κ2) is 7.93. The lowest BCUT2D eigenvalue weighted by Gasteiger charge is -2.12. The van der Waals surface area contributed by atoms with Crippen LogP contribution in [-0.4, -0.2) is 35.3 Å². The fraction of sp³-hybridized carbons (Fsp3) is 0.111. The van der Waals surface area contributed by atoms with Gasteiger partial charge in [-0.2, -0.15) is 0 Å². The zero-order valence-electron chi connectivity index (χ0n) is 14.3. The molecule has 0 aliphatic heterocycles. The molecule has 0 saturated carbocycles. The van der Waals surface area contributed by atoms with E-state index in [1.807, 2.05) is 0 Å². The Morgan fingerprint density at radius 1 is 1.00 bits per heavy atom. The van der Waals surface area contributed by atoms with Gasteiger partial charge in [0, 0.05) is 18.5 Å². The zero-order valence-corrected chi connectivity index (χ0v) is 14.3. The first-order valence-electron chi connectivity index (χ1n) is 7.74. The summed E-state index contributed by atoms with van der Waals surface area (Å²) < 4.78 is 10.5. The Labute approximate surface area is 150 Å². The molecule has 0 radical (unpaired) electrons. The highest BCUT2D eigenvalue weighted by atomic mass is 16.5. The zero-order chi connectivity index (χ0) is 18.4. The number of nitrogens with zero attached hydrogens (tertiary/aromatic N) is 3. The van der Waals surface area contributed by atoms with Crippen molar-refractivity contribution in [1.29, 1.82) is 0 Å². The van der Waals surface area contributed by atoms with Gasteiger partial charge in [-0.1, -0.05) is 0 Å². The lowest BCUT2D eigenvalue weighted by molar-refractivity contribution is 0.102. The van der Waals surface area contributed by atoms with Gasteiger partial charge in [0.25, 0.3) is 5.91 Å². The molecule has 26 heavy (non-hydrogen) atoms. The molecule has 0 atom stereocenters. The van der Waals surface area contributed by atoms with Gasteiger partial charge in [0.05, 0.1) is 25.5 Å². The van der Waals surface area contributed by atoms with E-state index in [0.29, 0.717) is 34.4 Å². The van der Waals surface area contributed by atoms with Crippen molar-refractivity contribution in [2.45, 2.75) is 0 Å². The van der Waals surface area contributed by atoms with Gasteiger partial charge in [-0.05, 0) is 36.4 Å². The quantitative estimate of drug-likeness (QED) is 0.704. The van der Waals surface area contributed by atoms with Crippen LogP contribution in [-0.2, 0) is 0 Å². The van der Waals surface area contributed by atoms with Crippen LogP contribution in [0, 0.1) is 0 Å². The summed E-state index contributed by atoms with van der Waals surface area (Å²) in [4.78, 5) is 16.0. The topological polar surface area (TPSA) is 98.3 Å². The van der Waals surface area contributed by atoms with Crippen LogP contribution >= 0.6 is 0 Å². The smallest absolute Gasteiger partial charge is 0.258 e. The monoisotopic (exact) mass is 351 g/mol. The van der Waals surface area contributed by atoms with Crippen LogP contribution in [0.3, 0.4) is 0 Å². The molecule has 0 unspecified atom stereocenters. The predicted octanol–water partition coefficient (Wildman–Crippen LogP) is 2.88. The van der Waals surface area contributed by atoms with E-state index in [2.05, 4.69) is 25.8 Å². The van der Waals surface area contributed by atoms with Gasteiger partial charge in [0.15, 0.2) is 11.6 Å². The highest BCUT2D eigenvalue weighted by molar-refractivity contribution is 6.03. The fourth-order valence-electron chi connectivity index (χ4n) is 2.20. The Hall–Kier alpha value is -3.68. The molecular weight excluding hydrogens is 334 g/mol. The third-order valence-electron chi connectivity index (χ3n) is 3.50. The SMILES string of the molecule is COc1ccc(OC)c(Nc2ccc(NC(=O)c3cccnc3)nn2)c1. The summed E-state index contributed by atoms with van der Waals surface area (Å²) in [5.74, 6) is 1.85. The van der Waals surface area contributed by atoms with Crippen molar-refractivity contribution in [3.05, 3.63) is 60.4 Å². The number of anilines is 3. The Morgan fingerprint density at radius 2 is 1.81 bits per heavy atom. The first-order chi connectivity index (χ1) is 12.7. The summed E-state index contributed by atoms with van der Waals surface area (Å²) in [6.07, 6.45) is 3.08. The lowest BCUT2D eigenvalue weighted by Crippen LogP contribution is -2.13. The van der Waals surface area contributed by atoms with Crippen molar-refractivity contribution in [1.82, 2.24) is 15.2 Å². The maximum absolute atomic E-state index is 12.1. The average Bonchev–Trinajstić information content (AvgIpc) is 2.70. The number of nitrogens with one attached hydrogen (secondary N) is 2. The van der Waals surface area contributed by atoms with Crippen LogP contribution in [0.1, 0.15) is 10.4 Å². The van der Waals surface area contributed by atoms with E-state index in [-0.39, 0.29) is 5.91 Å². The molecule has 3 rings (SSSR count). The Kier molecular flexibility index (Phi) is 5.23.